The summed E-state index contributed by atoms with van der Waals surface area (Å²) in [6.07, 6.45) is 1.05. The molecule has 1 aliphatic heterocycles. The highest BCUT2D eigenvalue weighted by molar-refractivity contribution is 14.1. The first kappa shape index (κ1) is 15.0. The molecule has 2 heterocycles. The van der Waals surface area contributed by atoms with Crippen LogP contribution in [0.5, 0.6) is 0 Å². The number of fused-ring (bicyclic) bond motifs is 1. The number of para-hydroxylation sites is 1. The summed E-state index contributed by atoms with van der Waals surface area (Å²) in [5.41, 5.74) is 2.28. The van der Waals surface area contributed by atoms with Crippen molar-refractivity contribution >= 4 is 45.5 Å². The number of carbonyl (C=O) groups is 1. The van der Waals surface area contributed by atoms with Crippen LogP contribution in [0.1, 0.15) is 23.4 Å². The lowest BCUT2D eigenvalue weighted by molar-refractivity contribution is -0.117. The first-order chi connectivity index (χ1) is 10.1. The predicted octanol–water partition coefficient (Wildman–Crippen LogP) is 3.91. The van der Waals surface area contributed by atoms with Crippen LogP contribution in [0.2, 0.25) is 0 Å². The van der Waals surface area contributed by atoms with Crippen LogP contribution in [0.25, 0.3) is 0 Å². The molecular weight excluding hydrogens is 395 g/mol. The van der Waals surface area contributed by atoms with Gasteiger partial charge in [0.15, 0.2) is 0 Å². The normalized spacial score (nSPS) is 18.3. The van der Waals surface area contributed by atoms with E-state index in [4.69, 9.17) is 0 Å². The zero-order chi connectivity index (χ0) is 14.8. The number of hydrogen-bond acceptors (Lipinski definition) is 3. The lowest BCUT2D eigenvalue weighted by Crippen LogP contribution is -2.39. The minimum Gasteiger partial charge on any atom is -0.324 e. The number of hydrogen-bond donors (Lipinski definition) is 1. The Morgan fingerprint density at radius 3 is 3.05 bits per heavy atom. The lowest BCUT2D eigenvalue weighted by Gasteiger charge is -2.32. The minimum atomic E-state index is 0.0599. The molecule has 21 heavy (non-hydrogen) atoms. The third kappa shape index (κ3) is 3.30. The van der Waals surface area contributed by atoms with Crippen LogP contribution in [0.3, 0.4) is 0 Å². The molecule has 5 heteroatoms. The van der Waals surface area contributed by atoms with Crippen molar-refractivity contribution in [3.05, 3.63) is 49.7 Å². The molecule has 1 aromatic carbocycles. The van der Waals surface area contributed by atoms with Crippen molar-refractivity contribution in [3.8, 4) is 0 Å². The Labute approximate surface area is 142 Å². The molecule has 0 bridgehead atoms. The van der Waals surface area contributed by atoms with E-state index in [1.807, 2.05) is 35.6 Å². The van der Waals surface area contributed by atoms with Crippen molar-refractivity contribution in [1.82, 2.24) is 4.90 Å². The molecule has 0 aliphatic carbocycles. The first-order valence-corrected chi connectivity index (χ1v) is 8.95. The quantitative estimate of drug-likeness (QED) is 0.776. The van der Waals surface area contributed by atoms with Gasteiger partial charge in [-0.05, 0) is 65.1 Å². The summed E-state index contributed by atoms with van der Waals surface area (Å²) in [5.74, 6) is 0.0599. The molecule has 3 rings (SSSR count). The first-order valence-electron chi connectivity index (χ1n) is 7.00. The highest BCUT2D eigenvalue weighted by atomic mass is 127. The molecule has 3 nitrogen and oxygen atoms in total. The van der Waals surface area contributed by atoms with Crippen LogP contribution in [-0.4, -0.2) is 23.9 Å². The Kier molecular flexibility index (Phi) is 4.61. The van der Waals surface area contributed by atoms with Gasteiger partial charge in [-0.3, -0.25) is 9.69 Å². The molecule has 1 atom stereocenters. The Bertz CT molecular complexity index is 655. The van der Waals surface area contributed by atoms with Crippen molar-refractivity contribution < 1.29 is 4.79 Å². The molecular formula is C16H17IN2OS. The summed E-state index contributed by atoms with van der Waals surface area (Å²) >= 11 is 4.07. The lowest BCUT2D eigenvalue weighted by atomic mass is 10.0. The Hall–Kier alpha value is -0.920. The van der Waals surface area contributed by atoms with Crippen molar-refractivity contribution in [2.24, 2.45) is 0 Å². The van der Waals surface area contributed by atoms with Crippen LogP contribution in [0.15, 0.2) is 35.7 Å². The summed E-state index contributed by atoms with van der Waals surface area (Å²) in [4.78, 5) is 16.0. The van der Waals surface area contributed by atoms with Crippen molar-refractivity contribution in [2.75, 3.05) is 18.4 Å². The Morgan fingerprint density at radius 2 is 2.24 bits per heavy atom. The highest BCUT2D eigenvalue weighted by Crippen LogP contribution is 2.32. The third-order valence-electron chi connectivity index (χ3n) is 3.90. The van der Waals surface area contributed by atoms with Crippen LogP contribution in [0.4, 0.5) is 5.69 Å². The standard InChI is InChI=1S/C16H17IN2OS/c1-11-12-7-9-21-15(12)6-8-19(11)10-16(20)18-14-5-3-2-4-13(14)17/h2-5,7,9,11H,6,8,10H2,1H3,(H,18,20)/t11-/m0/s1. The van der Waals surface area contributed by atoms with Crippen LogP contribution in [0, 0.1) is 3.57 Å². The van der Waals surface area contributed by atoms with E-state index in [1.54, 1.807) is 0 Å². The molecule has 0 saturated heterocycles. The molecule has 0 radical (unpaired) electrons. The number of rotatable bonds is 3. The van der Waals surface area contributed by atoms with Gasteiger partial charge in [-0.25, -0.2) is 0 Å². The maximum absolute atomic E-state index is 12.3. The van der Waals surface area contributed by atoms with E-state index in [2.05, 4.69) is 51.2 Å². The largest absolute Gasteiger partial charge is 0.324 e. The van der Waals surface area contributed by atoms with Crippen molar-refractivity contribution in [3.63, 3.8) is 0 Å². The Morgan fingerprint density at radius 1 is 1.43 bits per heavy atom. The van der Waals surface area contributed by atoms with Gasteiger partial charge in [0, 0.05) is 21.0 Å². The van der Waals surface area contributed by atoms with Gasteiger partial charge in [-0.15, -0.1) is 11.3 Å². The van der Waals surface area contributed by atoms with E-state index >= 15 is 0 Å². The second kappa shape index (κ2) is 6.46. The van der Waals surface area contributed by atoms with Gasteiger partial charge in [0.2, 0.25) is 5.91 Å². The number of nitrogens with zero attached hydrogens (tertiary/aromatic N) is 1. The number of amides is 1. The summed E-state index contributed by atoms with van der Waals surface area (Å²) < 4.78 is 1.07. The van der Waals surface area contributed by atoms with Crippen molar-refractivity contribution in [1.29, 1.82) is 0 Å². The number of thiophene rings is 1. The molecule has 0 spiro atoms. The van der Waals surface area contributed by atoms with Gasteiger partial charge in [-0.1, -0.05) is 12.1 Å². The fourth-order valence-electron chi connectivity index (χ4n) is 2.71. The fraction of sp³-hybridized carbons (Fsp3) is 0.312. The molecule has 0 fully saturated rings. The predicted molar refractivity (Wildman–Crippen MR) is 95.8 cm³/mol. The van der Waals surface area contributed by atoms with E-state index < -0.39 is 0 Å². The van der Waals surface area contributed by atoms with Crippen LogP contribution < -0.4 is 5.32 Å². The zero-order valence-corrected chi connectivity index (χ0v) is 14.8. The topological polar surface area (TPSA) is 32.3 Å². The third-order valence-corrected chi connectivity index (χ3v) is 5.84. The molecule has 0 unspecified atom stereocenters. The number of anilines is 1. The maximum Gasteiger partial charge on any atom is 0.238 e. The van der Waals surface area contributed by atoms with Crippen molar-refractivity contribution in [2.45, 2.75) is 19.4 Å². The van der Waals surface area contributed by atoms with E-state index in [-0.39, 0.29) is 5.91 Å². The number of benzene rings is 1. The summed E-state index contributed by atoms with van der Waals surface area (Å²) in [6, 6.07) is 10.4. The summed E-state index contributed by atoms with van der Waals surface area (Å²) in [5, 5.41) is 5.16. The highest BCUT2D eigenvalue weighted by Gasteiger charge is 2.26. The number of nitrogens with one attached hydrogen (secondary N) is 1. The summed E-state index contributed by atoms with van der Waals surface area (Å²) in [7, 11) is 0. The second-order valence-electron chi connectivity index (χ2n) is 5.22. The molecule has 1 aromatic heterocycles. The molecule has 0 saturated carbocycles. The van der Waals surface area contributed by atoms with Gasteiger partial charge in [0.1, 0.15) is 0 Å². The second-order valence-corrected chi connectivity index (χ2v) is 7.39. The SMILES string of the molecule is C[C@H]1c2ccsc2CCN1CC(=O)Nc1ccccc1I. The van der Waals surface area contributed by atoms with Crippen LogP contribution in [-0.2, 0) is 11.2 Å². The Balaban J connectivity index is 1.65. The van der Waals surface area contributed by atoms with Crippen LogP contribution >= 0.6 is 33.9 Å². The van der Waals surface area contributed by atoms with Gasteiger partial charge < -0.3 is 5.32 Å². The molecule has 110 valence electrons. The van der Waals surface area contributed by atoms with E-state index in [0.29, 0.717) is 12.6 Å². The number of halogens is 1. The molecule has 1 amide bonds. The smallest absolute Gasteiger partial charge is 0.238 e. The minimum absolute atomic E-state index is 0.0599. The monoisotopic (exact) mass is 412 g/mol. The van der Waals surface area contributed by atoms with E-state index in [1.165, 1.54) is 10.4 Å². The average molecular weight is 412 g/mol. The zero-order valence-electron chi connectivity index (χ0n) is 11.8. The molecule has 1 N–H and O–H groups in total. The van der Waals surface area contributed by atoms with Gasteiger partial charge in [0.25, 0.3) is 0 Å². The molecule has 1 aliphatic rings. The van der Waals surface area contributed by atoms with E-state index in [0.717, 1.165) is 22.2 Å². The number of carbonyl (C=O) groups excluding carboxylic acids is 1. The fourth-order valence-corrected chi connectivity index (χ4v) is 4.20. The van der Waals surface area contributed by atoms with Gasteiger partial charge >= 0.3 is 0 Å². The molecule has 2 aromatic rings. The van der Waals surface area contributed by atoms with E-state index in [9.17, 15) is 4.79 Å². The maximum atomic E-state index is 12.3. The van der Waals surface area contributed by atoms with Gasteiger partial charge in [0.05, 0.1) is 12.2 Å². The van der Waals surface area contributed by atoms with Gasteiger partial charge in [-0.2, -0.15) is 0 Å². The summed E-state index contributed by atoms with van der Waals surface area (Å²) in [6.45, 7) is 3.58. The average Bonchev–Trinajstić information content (AvgIpc) is 2.94.